The summed E-state index contributed by atoms with van der Waals surface area (Å²) in [7, 11) is 0. The van der Waals surface area contributed by atoms with Gasteiger partial charge in [-0.25, -0.2) is 0 Å². The van der Waals surface area contributed by atoms with Gasteiger partial charge in [0.15, 0.2) is 0 Å². The van der Waals surface area contributed by atoms with Crippen molar-refractivity contribution in [1.29, 1.82) is 15.8 Å². The van der Waals surface area contributed by atoms with E-state index in [0.29, 0.717) is 16.7 Å². The molecule has 2 aromatic heterocycles. The Hall–Kier alpha value is -5.70. The molecule has 5 nitrogen and oxygen atoms in total. The van der Waals surface area contributed by atoms with Gasteiger partial charge in [0.25, 0.3) is 0 Å². The fourth-order valence-electron chi connectivity index (χ4n) is 5.16. The first-order valence-electron chi connectivity index (χ1n) is 12.1. The molecule has 176 valence electrons. The monoisotopic (exact) mass is 485 g/mol. The van der Waals surface area contributed by atoms with E-state index < -0.39 is 0 Å². The molecule has 0 saturated carbocycles. The molecule has 0 aliphatic carbocycles. The van der Waals surface area contributed by atoms with E-state index in [9.17, 15) is 15.8 Å². The predicted molar refractivity (Wildman–Crippen MR) is 148 cm³/mol. The van der Waals surface area contributed by atoms with Crippen LogP contribution in [0.15, 0.2) is 97.3 Å². The zero-order valence-electron chi connectivity index (χ0n) is 20.5. The van der Waals surface area contributed by atoms with Gasteiger partial charge >= 0.3 is 0 Å². The molecule has 2 heterocycles. The summed E-state index contributed by atoms with van der Waals surface area (Å²) in [5, 5.41) is 31.3. The second-order valence-electron chi connectivity index (χ2n) is 9.10. The highest BCUT2D eigenvalue weighted by Gasteiger charge is 2.18. The van der Waals surface area contributed by atoms with Crippen LogP contribution < -0.4 is 0 Å². The number of hydrogen-bond acceptors (Lipinski definition) is 4. The third-order valence-corrected chi connectivity index (χ3v) is 6.94. The minimum absolute atomic E-state index is 0.453. The highest BCUT2D eigenvalue weighted by Crippen LogP contribution is 2.38. The van der Waals surface area contributed by atoms with Crippen LogP contribution in [-0.4, -0.2) is 9.55 Å². The lowest BCUT2D eigenvalue weighted by Gasteiger charge is -2.15. The zero-order valence-corrected chi connectivity index (χ0v) is 20.5. The predicted octanol–water partition coefficient (Wildman–Crippen LogP) is 7.44. The first-order valence-corrected chi connectivity index (χ1v) is 12.1. The molecule has 0 amide bonds. The maximum Gasteiger partial charge on any atom is 0.0998 e. The molecule has 0 unspecified atom stereocenters. The molecule has 0 atom stereocenters. The molecule has 6 aromatic rings. The van der Waals surface area contributed by atoms with Gasteiger partial charge in [-0.1, -0.05) is 36.4 Å². The van der Waals surface area contributed by atoms with Crippen molar-refractivity contribution in [2.24, 2.45) is 0 Å². The number of benzene rings is 4. The number of aromatic nitrogens is 2. The number of hydrogen-bond donors (Lipinski definition) is 0. The van der Waals surface area contributed by atoms with Gasteiger partial charge in [0.2, 0.25) is 0 Å². The maximum atomic E-state index is 10.1. The highest BCUT2D eigenvalue weighted by molar-refractivity contribution is 6.10. The largest absolute Gasteiger partial charge is 0.309 e. The van der Waals surface area contributed by atoms with E-state index in [1.54, 1.807) is 24.5 Å². The van der Waals surface area contributed by atoms with Gasteiger partial charge in [-0.3, -0.25) is 4.98 Å². The Kier molecular flexibility index (Phi) is 5.43. The van der Waals surface area contributed by atoms with Crippen molar-refractivity contribution in [3.05, 3.63) is 120 Å². The van der Waals surface area contributed by atoms with Gasteiger partial charge in [0, 0.05) is 23.2 Å². The van der Waals surface area contributed by atoms with E-state index >= 15 is 0 Å². The molecule has 0 spiro atoms. The molecule has 6 rings (SSSR count). The first-order chi connectivity index (χ1) is 18.6. The van der Waals surface area contributed by atoms with E-state index in [2.05, 4.69) is 65.0 Å². The van der Waals surface area contributed by atoms with Crippen molar-refractivity contribution < 1.29 is 0 Å². The third-order valence-electron chi connectivity index (χ3n) is 6.94. The van der Waals surface area contributed by atoms with Crippen LogP contribution >= 0.6 is 0 Å². The Morgan fingerprint density at radius 1 is 0.632 bits per heavy atom. The second kappa shape index (κ2) is 9.07. The summed E-state index contributed by atoms with van der Waals surface area (Å²) in [6.45, 7) is 2.06. The second-order valence-corrected chi connectivity index (χ2v) is 9.10. The van der Waals surface area contributed by atoms with Crippen molar-refractivity contribution in [3.8, 4) is 46.1 Å². The van der Waals surface area contributed by atoms with Crippen LogP contribution in [-0.2, 0) is 0 Å². The number of pyridine rings is 1. The molecule has 4 aromatic carbocycles. The summed E-state index contributed by atoms with van der Waals surface area (Å²) in [5.41, 5.74) is 8.91. The maximum absolute atomic E-state index is 10.1. The smallest absolute Gasteiger partial charge is 0.0998 e. The van der Waals surface area contributed by atoms with Crippen LogP contribution in [0.2, 0.25) is 0 Å². The van der Waals surface area contributed by atoms with Crippen molar-refractivity contribution in [1.82, 2.24) is 9.55 Å². The average molecular weight is 486 g/mol. The Labute approximate surface area is 219 Å². The van der Waals surface area contributed by atoms with E-state index in [0.717, 1.165) is 55.3 Å². The Bertz CT molecular complexity index is 2010. The summed E-state index contributed by atoms with van der Waals surface area (Å²) >= 11 is 0. The van der Waals surface area contributed by atoms with Crippen molar-refractivity contribution in [2.45, 2.75) is 6.92 Å². The zero-order chi connectivity index (χ0) is 26.2. The van der Waals surface area contributed by atoms with Crippen molar-refractivity contribution in [2.75, 3.05) is 0 Å². The van der Waals surface area contributed by atoms with Crippen molar-refractivity contribution >= 4 is 21.8 Å². The van der Waals surface area contributed by atoms with Crippen LogP contribution in [0.1, 0.15) is 22.3 Å². The van der Waals surface area contributed by atoms with E-state index in [1.807, 2.05) is 42.5 Å². The molecule has 0 fully saturated rings. The third kappa shape index (κ3) is 3.58. The van der Waals surface area contributed by atoms with E-state index in [-0.39, 0.29) is 0 Å². The summed E-state index contributed by atoms with van der Waals surface area (Å²) in [4.78, 5) is 4.11. The summed E-state index contributed by atoms with van der Waals surface area (Å²) in [6.07, 6.45) is 3.46. The van der Waals surface area contributed by atoms with Gasteiger partial charge < -0.3 is 4.57 Å². The minimum Gasteiger partial charge on any atom is -0.309 e. The van der Waals surface area contributed by atoms with Crippen molar-refractivity contribution in [3.63, 3.8) is 0 Å². The molecule has 0 aliphatic heterocycles. The topological polar surface area (TPSA) is 89.2 Å². The molecule has 0 saturated heterocycles. The summed E-state index contributed by atoms with van der Waals surface area (Å²) in [5.74, 6) is 0. The minimum atomic E-state index is 0.453. The molecular formula is C33H19N5. The fourth-order valence-corrected chi connectivity index (χ4v) is 5.16. The normalized spacial score (nSPS) is 10.7. The fraction of sp³-hybridized carbons (Fsp3) is 0.0303. The molecule has 0 N–H and O–H groups in total. The standard InChI is InChI=1S/C33H19N5/c1-21-14-30(23-10-12-37-13-11-23)26(20-36)17-32(21)38-31-5-3-2-4-28(31)29-9-7-24(16-33(29)38)27-8-6-22(18-34)15-25(27)19-35/h2-17H,1H3. The lowest BCUT2D eigenvalue weighted by molar-refractivity contribution is 1.15. The molecule has 38 heavy (non-hydrogen) atoms. The van der Waals surface area contributed by atoms with Crippen LogP contribution in [0.25, 0.3) is 49.7 Å². The highest BCUT2D eigenvalue weighted by atomic mass is 15.0. The van der Waals surface area contributed by atoms with Crippen LogP contribution in [0.4, 0.5) is 0 Å². The van der Waals surface area contributed by atoms with Gasteiger partial charge in [-0.05, 0) is 83.3 Å². The number of rotatable bonds is 3. The molecular weight excluding hydrogens is 466 g/mol. The number of aryl methyl sites for hydroxylation is 1. The summed E-state index contributed by atoms with van der Waals surface area (Å²) < 4.78 is 2.19. The summed E-state index contributed by atoms with van der Waals surface area (Å²) in [6, 6.07) is 34.1. The number of fused-ring (bicyclic) bond motifs is 3. The van der Waals surface area contributed by atoms with Gasteiger partial charge in [0.05, 0.1) is 51.6 Å². The van der Waals surface area contributed by atoms with Gasteiger partial charge in [-0.15, -0.1) is 0 Å². The van der Waals surface area contributed by atoms with Crippen LogP contribution in [0, 0.1) is 40.9 Å². The molecule has 5 heteroatoms. The SMILES string of the molecule is Cc1cc(-c2ccncc2)c(C#N)cc1-n1c2ccccc2c2ccc(-c3ccc(C#N)cc3C#N)cc21. The Morgan fingerprint density at radius 2 is 1.37 bits per heavy atom. The molecule has 0 radical (unpaired) electrons. The molecule has 0 aliphatic rings. The Balaban J connectivity index is 1.65. The van der Waals surface area contributed by atoms with Crippen LogP contribution in [0.5, 0.6) is 0 Å². The van der Waals surface area contributed by atoms with Crippen LogP contribution in [0.3, 0.4) is 0 Å². The lowest BCUT2D eigenvalue weighted by atomic mass is 9.97. The van der Waals surface area contributed by atoms with E-state index in [4.69, 9.17) is 0 Å². The quantitative estimate of drug-likeness (QED) is 0.261. The lowest BCUT2D eigenvalue weighted by Crippen LogP contribution is -2.00. The number of nitriles is 3. The van der Waals surface area contributed by atoms with E-state index in [1.165, 1.54) is 0 Å². The Morgan fingerprint density at radius 3 is 2.13 bits per heavy atom. The average Bonchev–Trinajstić information content (AvgIpc) is 3.30. The van der Waals surface area contributed by atoms with Gasteiger partial charge in [-0.2, -0.15) is 15.8 Å². The first kappa shape index (κ1) is 22.7. The number of nitrogens with zero attached hydrogens (tertiary/aromatic N) is 5. The molecule has 0 bridgehead atoms. The van der Waals surface area contributed by atoms with Gasteiger partial charge in [0.1, 0.15) is 0 Å². The number of para-hydroxylation sites is 1.